The van der Waals surface area contributed by atoms with Crippen LogP contribution in [0.2, 0.25) is 0 Å². The summed E-state index contributed by atoms with van der Waals surface area (Å²) >= 11 is 0. The first-order valence-corrected chi connectivity index (χ1v) is 9.18. The van der Waals surface area contributed by atoms with E-state index in [-0.39, 0.29) is 0 Å². The van der Waals surface area contributed by atoms with Gasteiger partial charge < -0.3 is 9.80 Å². The second-order valence-corrected chi connectivity index (χ2v) is 6.99. The first-order valence-electron chi connectivity index (χ1n) is 9.18. The minimum Gasteiger partial charge on any atom is -0.355 e. The van der Waals surface area contributed by atoms with E-state index in [4.69, 9.17) is 0 Å². The maximum Gasteiger partial charge on any atom is 0.256 e. The van der Waals surface area contributed by atoms with E-state index in [1.807, 2.05) is 10.6 Å². The third kappa shape index (κ3) is 3.23. The second-order valence-electron chi connectivity index (χ2n) is 6.99. The zero-order chi connectivity index (χ0) is 16.4. The molecule has 2 aromatic rings. The van der Waals surface area contributed by atoms with Gasteiger partial charge in [-0.1, -0.05) is 6.92 Å². The highest BCUT2D eigenvalue weighted by Crippen LogP contribution is 2.20. The molecule has 2 aromatic heterocycles. The molecule has 24 heavy (non-hydrogen) atoms. The number of hydrogen-bond acceptors (Lipinski definition) is 6. The van der Waals surface area contributed by atoms with Gasteiger partial charge in [0.05, 0.1) is 0 Å². The number of nitrogens with zero attached hydrogens (tertiary/aromatic N) is 7. The Hall–Kier alpha value is -1.73. The molecule has 1 atom stereocenters. The smallest absolute Gasteiger partial charge is 0.256 e. The lowest BCUT2D eigenvalue weighted by Gasteiger charge is -2.39. The highest BCUT2D eigenvalue weighted by Gasteiger charge is 2.24. The third-order valence-corrected chi connectivity index (χ3v) is 5.45. The van der Waals surface area contributed by atoms with Gasteiger partial charge in [-0.05, 0) is 37.9 Å². The summed E-state index contributed by atoms with van der Waals surface area (Å²) in [7, 11) is 0. The molecule has 2 fully saturated rings. The molecule has 7 heteroatoms. The van der Waals surface area contributed by atoms with Crippen molar-refractivity contribution in [2.24, 2.45) is 5.92 Å². The molecule has 0 saturated carbocycles. The molecular weight excluding hydrogens is 302 g/mol. The fourth-order valence-electron chi connectivity index (χ4n) is 4.10. The Kier molecular flexibility index (Phi) is 4.62. The number of likely N-dealkylation sites (tertiary alicyclic amines) is 1. The van der Waals surface area contributed by atoms with E-state index in [1.54, 1.807) is 6.33 Å². The van der Waals surface area contributed by atoms with Gasteiger partial charge in [-0.25, -0.2) is 4.98 Å². The molecule has 0 unspecified atom stereocenters. The highest BCUT2D eigenvalue weighted by atomic mass is 15.3. The molecule has 0 aromatic carbocycles. The Morgan fingerprint density at radius 2 is 2.00 bits per heavy atom. The fraction of sp³-hybridized carbons (Fsp3) is 0.706. The average Bonchev–Trinajstić information content (AvgIpc) is 3.11. The number of fused-ring (bicyclic) bond motifs is 1. The van der Waals surface area contributed by atoms with E-state index >= 15 is 0 Å². The third-order valence-electron chi connectivity index (χ3n) is 5.45. The highest BCUT2D eigenvalue weighted by molar-refractivity contribution is 5.46. The van der Waals surface area contributed by atoms with Crippen molar-refractivity contribution in [2.75, 3.05) is 57.3 Å². The van der Waals surface area contributed by atoms with Crippen molar-refractivity contribution in [3.05, 3.63) is 18.6 Å². The number of hydrogen-bond donors (Lipinski definition) is 0. The normalized spacial score (nSPS) is 23.9. The van der Waals surface area contributed by atoms with Crippen LogP contribution in [0, 0.1) is 5.92 Å². The van der Waals surface area contributed by atoms with Crippen LogP contribution in [0.5, 0.6) is 0 Å². The van der Waals surface area contributed by atoms with Crippen molar-refractivity contribution in [1.82, 2.24) is 29.4 Å². The van der Waals surface area contributed by atoms with Crippen LogP contribution in [0.4, 0.5) is 5.82 Å². The lowest BCUT2D eigenvalue weighted by atomic mass is 9.97. The maximum absolute atomic E-state index is 4.25. The van der Waals surface area contributed by atoms with Crippen molar-refractivity contribution < 1.29 is 0 Å². The second kappa shape index (κ2) is 7.03. The van der Waals surface area contributed by atoms with Crippen LogP contribution in [0.15, 0.2) is 18.6 Å². The molecule has 0 N–H and O–H groups in total. The molecule has 0 bridgehead atoms. The lowest BCUT2D eigenvalue weighted by Crippen LogP contribution is -2.50. The topological polar surface area (TPSA) is 52.8 Å². The summed E-state index contributed by atoms with van der Waals surface area (Å²) < 4.78 is 1.98. The monoisotopic (exact) mass is 329 g/mol. The zero-order valence-electron chi connectivity index (χ0n) is 14.5. The van der Waals surface area contributed by atoms with Crippen LogP contribution >= 0.6 is 0 Å². The van der Waals surface area contributed by atoms with Gasteiger partial charge in [0.1, 0.15) is 12.1 Å². The minimum atomic E-state index is 0.678. The lowest BCUT2D eigenvalue weighted by molar-refractivity contribution is 0.133. The predicted octanol–water partition coefficient (Wildman–Crippen LogP) is 0.978. The molecular formula is C17H27N7. The van der Waals surface area contributed by atoms with Crippen molar-refractivity contribution in [2.45, 2.75) is 19.8 Å². The minimum absolute atomic E-state index is 0.678. The van der Waals surface area contributed by atoms with Crippen molar-refractivity contribution in [3.63, 3.8) is 0 Å². The van der Waals surface area contributed by atoms with E-state index in [0.717, 1.165) is 37.9 Å². The Labute approximate surface area is 143 Å². The van der Waals surface area contributed by atoms with Crippen LogP contribution in [0.1, 0.15) is 19.8 Å². The van der Waals surface area contributed by atoms with E-state index in [0.29, 0.717) is 5.78 Å². The van der Waals surface area contributed by atoms with Crippen LogP contribution in [-0.2, 0) is 0 Å². The predicted molar refractivity (Wildman–Crippen MR) is 94.3 cm³/mol. The Balaban J connectivity index is 1.34. The maximum atomic E-state index is 4.25. The summed E-state index contributed by atoms with van der Waals surface area (Å²) in [6, 6.07) is 2.06. The number of aromatic nitrogens is 4. The van der Waals surface area contributed by atoms with Crippen LogP contribution < -0.4 is 4.90 Å². The summed E-state index contributed by atoms with van der Waals surface area (Å²) in [5.74, 6) is 2.67. The van der Waals surface area contributed by atoms with E-state index in [2.05, 4.69) is 42.9 Å². The standard InChI is InChI=1S/C17H27N7/c1-2-21-7-3-4-15(12-21)13-22-8-10-23(11-9-22)16-5-6-18-17-20-19-14-24(16)17/h5-6,14-15H,2-4,7-13H2,1H3/t15-/m0/s1. The van der Waals surface area contributed by atoms with Gasteiger partial charge in [0, 0.05) is 45.5 Å². The molecule has 4 rings (SSSR count). The number of anilines is 1. The SMILES string of the molecule is CCN1CCC[C@H](CN2CCN(c3ccnc4nncn34)CC2)C1. The van der Waals surface area contributed by atoms with Gasteiger partial charge in [-0.15, -0.1) is 10.2 Å². The summed E-state index contributed by atoms with van der Waals surface area (Å²) in [5, 5.41) is 8.01. The van der Waals surface area contributed by atoms with Crippen molar-refractivity contribution >= 4 is 11.6 Å². The molecule has 2 aliphatic heterocycles. The number of rotatable bonds is 4. The fourth-order valence-corrected chi connectivity index (χ4v) is 4.10. The Morgan fingerprint density at radius 3 is 2.83 bits per heavy atom. The van der Waals surface area contributed by atoms with Crippen molar-refractivity contribution in [1.29, 1.82) is 0 Å². The van der Waals surface area contributed by atoms with Crippen molar-refractivity contribution in [3.8, 4) is 0 Å². The Bertz CT molecular complexity index is 662. The largest absolute Gasteiger partial charge is 0.355 e. The van der Waals surface area contributed by atoms with Gasteiger partial charge in [-0.3, -0.25) is 9.30 Å². The van der Waals surface area contributed by atoms with E-state index in [9.17, 15) is 0 Å². The van der Waals surface area contributed by atoms with Gasteiger partial charge in [-0.2, -0.15) is 0 Å². The molecule has 7 nitrogen and oxygen atoms in total. The quantitative estimate of drug-likeness (QED) is 0.833. The van der Waals surface area contributed by atoms with Crippen LogP contribution in [-0.4, -0.2) is 81.7 Å². The Morgan fingerprint density at radius 1 is 1.12 bits per heavy atom. The summed E-state index contributed by atoms with van der Waals surface area (Å²) in [6.45, 7) is 11.7. The molecule has 4 heterocycles. The number of piperazine rings is 1. The molecule has 0 aliphatic carbocycles. The van der Waals surface area contributed by atoms with E-state index < -0.39 is 0 Å². The molecule has 0 radical (unpaired) electrons. The molecule has 2 aliphatic rings. The first kappa shape index (κ1) is 15.8. The summed E-state index contributed by atoms with van der Waals surface area (Å²) in [5.41, 5.74) is 0. The molecule has 130 valence electrons. The van der Waals surface area contributed by atoms with Crippen LogP contribution in [0.3, 0.4) is 0 Å². The van der Waals surface area contributed by atoms with E-state index in [1.165, 1.54) is 39.0 Å². The molecule has 0 amide bonds. The van der Waals surface area contributed by atoms with Crippen LogP contribution in [0.25, 0.3) is 5.78 Å². The van der Waals surface area contributed by atoms with Gasteiger partial charge >= 0.3 is 0 Å². The molecule has 2 saturated heterocycles. The average molecular weight is 329 g/mol. The number of piperidine rings is 1. The van der Waals surface area contributed by atoms with Gasteiger partial charge in [0.15, 0.2) is 0 Å². The molecule has 0 spiro atoms. The zero-order valence-corrected chi connectivity index (χ0v) is 14.5. The first-order chi connectivity index (χ1) is 11.8. The van der Waals surface area contributed by atoms with Gasteiger partial charge in [0.2, 0.25) is 0 Å². The summed E-state index contributed by atoms with van der Waals surface area (Å²) in [6.07, 6.45) is 6.34. The summed E-state index contributed by atoms with van der Waals surface area (Å²) in [4.78, 5) is 11.9. The van der Waals surface area contributed by atoms with Gasteiger partial charge in [0.25, 0.3) is 5.78 Å².